The van der Waals surface area contributed by atoms with Crippen LogP contribution in [0.25, 0.3) is 0 Å². The normalized spacial score (nSPS) is 11.4. The zero-order chi connectivity index (χ0) is 18.3. The highest BCUT2D eigenvalue weighted by molar-refractivity contribution is 4.82. The van der Waals surface area contributed by atoms with Crippen LogP contribution in [0.2, 0.25) is 0 Å². The van der Waals surface area contributed by atoms with Crippen LogP contribution in [0.15, 0.2) is 24.8 Å². The van der Waals surface area contributed by atoms with Crippen molar-refractivity contribution in [1.82, 2.24) is 0 Å². The van der Waals surface area contributed by atoms with E-state index < -0.39 is 0 Å². The SMILES string of the molecule is C=CCCCC=CCCCCCCCCCCCCCCCCCC. The lowest BCUT2D eigenvalue weighted by Crippen LogP contribution is -1.83. The second-order valence-corrected chi connectivity index (χ2v) is 7.78. The van der Waals surface area contributed by atoms with Gasteiger partial charge >= 0.3 is 0 Å². The topological polar surface area (TPSA) is 0 Å². The van der Waals surface area contributed by atoms with Gasteiger partial charge in [-0.15, -0.1) is 6.58 Å². The summed E-state index contributed by atoms with van der Waals surface area (Å²) in [7, 11) is 0. The summed E-state index contributed by atoms with van der Waals surface area (Å²) in [6, 6.07) is 0. The Balaban J connectivity index is 3.01. The molecule has 0 amide bonds. The van der Waals surface area contributed by atoms with Crippen LogP contribution in [0, 0.1) is 0 Å². The Morgan fingerprint density at radius 2 is 0.800 bits per heavy atom. The summed E-state index contributed by atoms with van der Waals surface area (Å²) in [6.07, 6.45) is 34.9. The molecule has 0 aliphatic rings. The fraction of sp³-hybridized carbons (Fsp3) is 0.840. The minimum Gasteiger partial charge on any atom is -0.103 e. The highest BCUT2D eigenvalue weighted by atomic mass is 14.0. The molecular weight excluding hydrogens is 300 g/mol. The number of rotatable bonds is 21. The number of allylic oxidation sites excluding steroid dienone is 3. The Kier molecular flexibility index (Phi) is 23.0. The van der Waals surface area contributed by atoms with E-state index in [1.807, 2.05) is 6.08 Å². The quantitative estimate of drug-likeness (QED) is 0.143. The highest BCUT2D eigenvalue weighted by Crippen LogP contribution is 2.14. The van der Waals surface area contributed by atoms with Gasteiger partial charge in [0.1, 0.15) is 0 Å². The average molecular weight is 349 g/mol. The Labute approximate surface area is 160 Å². The van der Waals surface area contributed by atoms with Crippen LogP contribution in [0.1, 0.15) is 135 Å². The summed E-state index contributed by atoms with van der Waals surface area (Å²) in [5.41, 5.74) is 0. The molecule has 0 saturated carbocycles. The molecule has 0 aliphatic carbocycles. The van der Waals surface area contributed by atoms with E-state index in [0.717, 1.165) is 6.42 Å². The number of hydrogen-bond acceptors (Lipinski definition) is 0. The summed E-state index contributed by atoms with van der Waals surface area (Å²) >= 11 is 0. The zero-order valence-electron chi connectivity index (χ0n) is 17.6. The van der Waals surface area contributed by atoms with Crippen LogP contribution in [-0.2, 0) is 0 Å². The van der Waals surface area contributed by atoms with Crippen LogP contribution < -0.4 is 0 Å². The van der Waals surface area contributed by atoms with Gasteiger partial charge in [-0.3, -0.25) is 0 Å². The Hall–Kier alpha value is -0.520. The van der Waals surface area contributed by atoms with Gasteiger partial charge in [-0.1, -0.05) is 121 Å². The second-order valence-electron chi connectivity index (χ2n) is 7.78. The van der Waals surface area contributed by atoms with Crippen molar-refractivity contribution in [2.45, 2.75) is 135 Å². The second kappa shape index (κ2) is 23.5. The van der Waals surface area contributed by atoms with Gasteiger partial charge in [0.25, 0.3) is 0 Å². The largest absolute Gasteiger partial charge is 0.103 e. The monoisotopic (exact) mass is 348 g/mol. The molecule has 0 aliphatic heterocycles. The van der Waals surface area contributed by atoms with E-state index in [1.165, 1.54) is 122 Å². The first-order valence-electron chi connectivity index (χ1n) is 11.7. The van der Waals surface area contributed by atoms with Gasteiger partial charge in [-0.2, -0.15) is 0 Å². The van der Waals surface area contributed by atoms with E-state index in [2.05, 4.69) is 25.7 Å². The predicted molar refractivity (Wildman–Crippen MR) is 117 cm³/mol. The van der Waals surface area contributed by atoms with Crippen molar-refractivity contribution in [3.8, 4) is 0 Å². The maximum atomic E-state index is 3.76. The molecule has 0 aromatic carbocycles. The fourth-order valence-corrected chi connectivity index (χ4v) is 3.43. The smallest absolute Gasteiger partial charge is 0.0348 e. The first kappa shape index (κ1) is 24.5. The number of unbranched alkanes of at least 4 members (excludes halogenated alkanes) is 18. The molecule has 0 unspecified atom stereocenters. The third-order valence-electron chi connectivity index (χ3n) is 5.17. The summed E-state index contributed by atoms with van der Waals surface area (Å²) in [4.78, 5) is 0. The molecule has 0 heterocycles. The molecule has 0 saturated heterocycles. The zero-order valence-corrected chi connectivity index (χ0v) is 17.6. The molecule has 0 nitrogen and oxygen atoms in total. The van der Waals surface area contributed by atoms with Crippen LogP contribution in [0.5, 0.6) is 0 Å². The van der Waals surface area contributed by atoms with Gasteiger partial charge in [0.2, 0.25) is 0 Å². The van der Waals surface area contributed by atoms with Crippen LogP contribution in [-0.4, -0.2) is 0 Å². The van der Waals surface area contributed by atoms with Crippen molar-refractivity contribution in [3.05, 3.63) is 24.8 Å². The summed E-state index contributed by atoms with van der Waals surface area (Å²) in [5.74, 6) is 0. The summed E-state index contributed by atoms with van der Waals surface area (Å²) in [6.45, 7) is 6.06. The van der Waals surface area contributed by atoms with Crippen LogP contribution >= 0.6 is 0 Å². The molecular formula is C25H48. The Morgan fingerprint density at radius 1 is 0.440 bits per heavy atom. The van der Waals surface area contributed by atoms with E-state index in [1.54, 1.807) is 0 Å². The lowest BCUT2D eigenvalue weighted by atomic mass is 10.0. The van der Waals surface area contributed by atoms with Gasteiger partial charge < -0.3 is 0 Å². The van der Waals surface area contributed by atoms with Crippen molar-refractivity contribution in [1.29, 1.82) is 0 Å². The number of hydrogen-bond donors (Lipinski definition) is 0. The summed E-state index contributed by atoms with van der Waals surface area (Å²) in [5, 5.41) is 0. The van der Waals surface area contributed by atoms with Crippen molar-refractivity contribution in [2.24, 2.45) is 0 Å². The molecule has 0 spiro atoms. The molecule has 25 heavy (non-hydrogen) atoms. The van der Waals surface area contributed by atoms with Gasteiger partial charge in [-0.25, -0.2) is 0 Å². The minimum absolute atomic E-state index is 1.16. The average Bonchev–Trinajstić information content (AvgIpc) is 2.63. The third-order valence-corrected chi connectivity index (χ3v) is 5.17. The standard InChI is InChI=1S/C25H48/c1-3-5-7-9-11-13-15-17-19-21-23-25-24-22-20-18-16-14-12-10-8-6-4-2/h3,11,13H,1,4-10,12,14-25H2,2H3. The lowest BCUT2D eigenvalue weighted by Gasteiger charge is -2.03. The molecule has 0 rings (SSSR count). The van der Waals surface area contributed by atoms with Crippen LogP contribution in [0.4, 0.5) is 0 Å². The molecule has 0 fully saturated rings. The third kappa shape index (κ3) is 23.5. The van der Waals surface area contributed by atoms with Crippen molar-refractivity contribution in [2.75, 3.05) is 0 Å². The van der Waals surface area contributed by atoms with E-state index in [4.69, 9.17) is 0 Å². The van der Waals surface area contributed by atoms with E-state index in [9.17, 15) is 0 Å². The van der Waals surface area contributed by atoms with E-state index in [0.29, 0.717) is 0 Å². The van der Waals surface area contributed by atoms with Gasteiger partial charge in [-0.05, 0) is 32.1 Å². The van der Waals surface area contributed by atoms with E-state index >= 15 is 0 Å². The molecule has 0 bridgehead atoms. The Morgan fingerprint density at radius 3 is 1.20 bits per heavy atom. The molecule has 0 heteroatoms. The molecule has 0 atom stereocenters. The molecule has 148 valence electrons. The van der Waals surface area contributed by atoms with Crippen LogP contribution in [0.3, 0.4) is 0 Å². The molecule has 0 aromatic heterocycles. The fourth-order valence-electron chi connectivity index (χ4n) is 3.43. The first-order valence-corrected chi connectivity index (χ1v) is 11.7. The predicted octanol–water partition coefficient (Wildman–Crippen LogP) is 9.55. The van der Waals surface area contributed by atoms with Crippen molar-refractivity contribution in [3.63, 3.8) is 0 Å². The molecule has 0 radical (unpaired) electrons. The first-order chi connectivity index (χ1) is 12.4. The van der Waals surface area contributed by atoms with Gasteiger partial charge in [0.05, 0.1) is 0 Å². The summed E-state index contributed by atoms with van der Waals surface area (Å²) < 4.78 is 0. The molecule has 0 aromatic rings. The maximum absolute atomic E-state index is 3.76. The lowest BCUT2D eigenvalue weighted by molar-refractivity contribution is 0.530. The Bertz CT molecular complexity index is 263. The minimum atomic E-state index is 1.16. The molecule has 0 N–H and O–H groups in total. The van der Waals surface area contributed by atoms with E-state index in [-0.39, 0.29) is 0 Å². The van der Waals surface area contributed by atoms with Gasteiger partial charge in [0, 0.05) is 0 Å². The maximum Gasteiger partial charge on any atom is -0.0348 e. The van der Waals surface area contributed by atoms with Crippen molar-refractivity contribution >= 4 is 0 Å². The van der Waals surface area contributed by atoms with Crippen molar-refractivity contribution < 1.29 is 0 Å². The van der Waals surface area contributed by atoms with Gasteiger partial charge in [0.15, 0.2) is 0 Å². The highest BCUT2D eigenvalue weighted by Gasteiger charge is 1.94.